The van der Waals surface area contributed by atoms with Crippen molar-refractivity contribution in [3.05, 3.63) is 28.5 Å². The molecule has 0 aliphatic heterocycles. The molecule has 2 amide bonds. The van der Waals surface area contributed by atoms with Gasteiger partial charge in [-0.2, -0.15) is 13.2 Å². The first-order chi connectivity index (χ1) is 11.2. The van der Waals surface area contributed by atoms with Gasteiger partial charge in [-0.15, -0.1) is 11.3 Å². The van der Waals surface area contributed by atoms with Crippen molar-refractivity contribution >= 4 is 29.0 Å². The molecule has 0 unspecified atom stereocenters. The van der Waals surface area contributed by atoms with Crippen LogP contribution >= 0.6 is 11.3 Å². The number of anilines is 2. The molecule has 0 saturated carbocycles. The molecule has 130 valence electrons. The number of alkyl halides is 3. The van der Waals surface area contributed by atoms with Crippen LogP contribution in [0.1, 0.15) is 10.7 Å². The lowest BCUT2D eigenvalue weighted by Gasteiger charge is -2.17. The van der Waals surface area contributed by atoms with Crippen molar-refractivity contribution in [1.29, 1.82) is 0 Å². The number of aromatic nitrogens is 3. The number of hydrogen-bond acceptors (Lipinski definition) is 6. The summed E-state index contributed by atoms with van der Waals surface area (Å²) in [5.74, 6) is 0.901. The van der Waals surface area contributed by atoms with Gasteiger partial charge in [0, 0.05) is 32.6 Å². The molecule has 1 N–H and O–H groups in total. The number of amides is 2. The fourth-order valence-corrected chi connectivity index (χ4v) is 2.51. The maximum atomic E-state index is 12.5. The van der Waals surface area contributed by atoms with E-state index < -0.39 is 17.9 Å². The third kappa shape index (κ3) is 4.54. The Morgan fingerprint density at radius 2 is 2.00 bits per heavy atom. The molecule has 11 heteroatoms. The number of carbonyl (C=O) groups is 1. The normalized spacial score (nSPS) is 11.2. The zero-order valence-corrected chi connectivity index (χ0v) is 13.9. The lowest BCUT2D eigenvalue weighted by molar-refractivity contribution is -0.140. The SMILES string of the molecule is CN(Cc1nc(C(F)(F)F)cs1)C(=O)Nc1cc(N(C)C)ncn1. The van der Waals surface area contributed by atoms with Crippen molar-refractivity contribution in [3.8, 4) is 0 Å². The summed E-state index contributed by atoms with van der Waals surface area (Å²) in [5.41, 5.74) is -0.956. The predicted octanol–water partition coefficient (Wildman–Crippen LogP) is 2.68. The Morgan fingerprint density at radius 1 is 1.29 bits per heavy atom. The standard InChI is InChI=1S/C13H15F3N6OS/c1-21(2)10-4-9(17-7-18-10)20-12(23)22(3)5-11-19-8(6-24-11)13(14,15)16/h4,6-7H,5H2,1-3H3,(H,17,18,20,23). The van der Waals surface area contributed by atoms with Gasteiger partial charge in [0.2, 0.25) is 0 Å². The molecular formula is C13H15F3N6OS. The predicted molar refractivity (Wildman–Crippen MR) is 84.0 cm³/mol. The molecule has 0 atom stereocenters. The van der Waals surface area contributed by atoms with E-state index in [2.05, 4.69) is 20.3 Å². The van der Waals surface area contributed by atoms with E-state index in [-0.39, 0.29) is 11.6 Å². The summed E-state index contributed by atoms with van der Waals surface area (Å²) in [6.07, 6.45) is -3.18. The molecule has 2 aromatic rings. The zero-order valence-electron chi connectivity index (χ0n) is 13.1. The average Bonchev–Trinajstić information content (AvgIpc) is 2.96. The van der Waals surface area contributed by atoms with Crippen LogP contribution in [-0.4, -0.2) is 47.0 Å². The van der Waals surface area contributed by atoms with Crippen molar-refractivity contribution in [1.82, 2.24) is 19.9 Å². The van der Waals surface area contributed by atoms with Crippen molar-refractivity contribution in [2.24, 2.45) is 0 Å². The first-order valence-corrected chi connectivity index (χ1v) is 7.58. The van der Waals surface area contributed by atoms with Crippen LogP contribution < -0.4 is 10.2 Å². The quantitative estimate of drug-likeness (QED) is 0.907. The minimum Gasteiger partial charge on any atom is -0.363 e. The molecule has 0 radical (unpaired) electrons. The highest BCUT2D eigenvalue weighted by Crippen LogP contribution is 2.30. The molecule has 2 rings (SSSR count). The molecule has 7 nitrogen and oxygen atoms in total. The molecule has 2 heterocycles. The Morgan fingerprint density at radius 3 is 2.58 bits per heavy atom. The lowest BCUT2D eigenvalue weighted by Crippen LogP contribution is -2.31. The van der Waals surface area contributed by atoms with Crippen LogP contribution in [0.2, 0.25) is 0 Å². The van der Waals surface area contributed by atoms with Gasteiger partial charge < -0.3 is 9.80 Å². The molecular weight excluding hydrogens is 345 g/mol. The lowest BCUT2D eigenvalue weighted by atomic mass is 10.5. The highest BCUT2D eigenvalue weighted by atomic mass is 32.1. The molecule has 0 aliphatic rings. The van der Waals surface area contributed by atoms with E-state index >= 15 is 0 Å². The van der Waals surface area contributed by atoms with Crippen LogP contribution in [0, 0.1) is 0 Å². The molecule has 2 aromatic heterocycles. The summed E-state index contributed by atoms with van der Waals surface area (Å²) in [7, 11) is 5.04. The van der Waals surface area contributed by atoms with Crippen molar-refractivity contribution in [3.63, 3.8) is 0 Å². The average molecular weight is 360 g/mol. The molecule has 0 spiro atoms. The largest absolute Gasteiger partial charge is 0.434 e. The second-order valence-corrected chi connectivity index (χ2v) is 6.01. The maximum Gasteiger partial charge on any atom is 0.434 e. The Bertz CT molecular complexity index is 718. The van der Waals surface area contributed by atoms with Crippen molar-refractivity contribution in [2.75, 3.05) is 31.4 Å². The minimum absolute atomic E-state index is 0.0435. The first-order valence-electron chi connectivity index (χ1n) is 6.70. The summed E-state index contributed by atoms with van der Waals surface area (Å²) in [4.78, 5) is 26.5. The van der Waals surface area contributed by atoms with Gasteiger partial charge in [-0.1, -0.05) is 0 Å². The van der Waals surface area contributed by atoms with Gasteiger partial charge in [0.15, 0.2) is 5.69 Å². The first kappa shape index (κ1) is 17.9. The van der Waals surface area contributed by atoms with Gasteiger partial charge in [-0.25, -0.2) is 19.7 Å². The molecule has 0 bridgehead atoms. The third-order valence-electron chi connectivity index (χ3n) is 2.91. The number of carbonyl (C=O) groups excluding carboxylic acids is 1. The minimum atomic E-state index is -4.49. The Kier molecular flexibility index (Phi) is 5.22. The van der Waals surface area contributed by atoms with Gasteiger partial charge in [0.25, 0.3) is 0 Å². The summed E-state index contributed by atoms with van der Waals surface area (Å²) >= 11 is 0.850. The third-order valence-corrected chi connectivity index (χ3v) is 3.74. The topological polar surface area (TPSA) is 74.2 Å². The number of nitrogens with zero attached hydrogens (tertiary/aromatic N) is 5. The Hall–Kier alpha value is -2.43. The van der Waals surface area contributed by atoms with Gasteiger partial charge in [0.1, 0.15) is 23.0 Å². The van der Waals surface area contributed by atoms with Crippen molar-refractivity contribution < 1.29 is 18.0 Å². The summed E-state index contributed by atoms with van der Waals surface area (Å²) < 4.78 is 37.6. The molecule has 0 aromatic carbocycles. The number of rotatable bonds is 4. The number of urea groups is 1. The van der Waals surface area contributed by atoms with Gasteiger partial charge in [-0.3, -0.25) is 5.32 Å². The van der Waals surface area contributed by atoms with Crippen LogP contribution in [-0.2, 0) is 12.7 Å². The Balaban J connectivity index is 2.00. The number of nitrogens with one attached hydrogen (secondary N) is 1. The van der Waals surface area contributed by atoms with Gasteiger partial charge in [-0.05, 0) is 0 Å². The van der Waals surface area contributed by atoms with E-state index in [4.69, 9.17) is 0 Å². The smallest absolute Gasteiger partial charge is 0.363 e. The van der Waals surface area contributed by atoms with E-state index in [1.54, 1.807) is 25.1 Å². The van der Waals surface area contributed by atoms with Crippen molar-refractivity contribution in [2.45, 2.75) is 12.7 Å². The summed E-state index contributed by atoms with van der Waals surface area (Å²) in [5, 5.41) is 3.67. The molecule has 24 heavy (non-hydrogen) atoms. The summed E-state index contributed by atoms with van der Waals surface area (Å²) in [6, 6.07) is 1.07. The second kappa shape index (κ2) is 6.99. The number of thiazole rings is 1. The fraction of sp³-hybridized carbons (Fsp3) is 0.385. The van der Waals surface area contributed by atoms with E-state index in [9.17, 15) is 18.0 Å². The maximum absolute atomic E-state index is 12.5. The van der Waals surface area contributed by atoms with Crippen LogP contribution in [0.5, 0.6) is 0 Å². The van der Waals surface area contributed by atoms with Crippen LogP contribution in [0.4, 0.5) is 29.6 Å². The van der Waals surface area contributed by atoms with E-state index in [0.29, 0.717) is 11.6 Å². The van der Waals surface area contributed by atoms with E-state index in [1.807, 2.05) is 0 Å². The Labute approximate surface area is 140 Å². The van der Waals surface area contributed by atoms with Gasteiger partial charge >= 0.3 is 12.2 Å². The van der Waals surface area contributed by atoms with Crippen LogP contribution in [0.25, 0.3) is 0 Å². The monoisotopic (exact) mass is 360 g/mol. The number of halogens is 3. The fourth-order valence-electron chi connectivity index (χ4n) is 1.65. The number of hydrogen-bond donors (Lipinski definition) is 1. The van der Waals surface area contributed by atoms with Crippen LogP contribution in [0.15, 0.2) is 17.8 Å². The molecule has 0 fully saturated rings. The molecule has 0 aliphatic carbocycles. The second-order valence-electron chi connectivity index (χ2n) is 5.07. The molecule has 0 saturated heterocycles. The zero-order chi connectivity index (χ0) is 17.9. The highest BCUT2D eigenvalue weighted by molar-refractivity contribution is 7.09. The van der Waals surface area contributed by atoms with Gasteiger partial charge in [0.05, 0.1) is 6.54 Å². The highest BCUT2D eigenvalue weighted by Gasteiger charge is 2.33. The van der Waals surface area contributed by atoms with E-state index in [0.717, 1.165) is 16.7 Å². The van der Waals surface area contributed by atoms with Crippen LogP contribution in [0.3, 0.4) is 0 Å². The summed E-state index contributed by atoms with van der Waals surface area (Å²) in [6.45, 7) is -0.0435. The van der Waals surface area contributed by atoms with E-state index in [1.165, 1.54) is 18.3 Å².